The average molecular weight is 317 g/mol. The van der Waals surface area contributed by atoms with E-state index in [2.05, 4.69) is 47.2 Å². The number of rotatable bonds is 0. The van der Waals surface area contributed by atoms with E-state index in [0.29, 0.717) is 11.8 Å². The number of nitrogens with zero attached hydrogens (tertiary/aromatic N) is 2. The summed E-state index contributed by atoms with van der Waals surface area (Å²) in [4.78, 5) is 4.93. The Kier molecular flexibility index (Phi) is 4.02. The molecule has 1 unspecified atom stereocenters. The Hall–Kier alpha value is -1.71. The van der Waals surface area contributed by atoms with Crippen LogP contribution in [0.3, 0.4) is 0 Å². The molecule has 2 aliphatic heterocycles. The Morgan fingerprint density at radius 2 is 1.86 bits per heavy atom. The number of anilines is 1. The number of para-hydroxylation sites is 1. The van der Waals surface area contributed by atoms with Crippen LogP contribution in [0.15, 0.2) is 42.5 Å². The van der Waals surface area contributed by atoms with Gasteiger partial charge in [0.2, 0.25) is 0 Å². The number of aromatic hydroxyl groups is 1. The fraction of sp³-hybridized carbons (Fsp3) is 0.333. The predicted octanol–water partition coefficient (Wildman–Crippen LogP) is 3.21. The molecule has 2 aliphatic rings. The third-order valence-electron chi connectivity index (χ3n) is 4.75. The molecule has 4 heteroatoms. The number of hydrogen-bond donors (Lipinski definition) is 1. The molecule has 2 heterocycles. The molecular weight excluding hydrogens is 296 g/mol. The van der Waals surface area contributed by atoms with Gasteiger partial charge in [-0.2, -0.15) is 0 Å². The predicted molar refractivity (Wildman–Crippen MR) is 92.2 cm³/mol. The summed E-state index contributed by atoms with van der Waals surface area (Å²) < 4.78 is 0. The molecule has 3 nitrogen and oxygen atoms in total. The fourth-order valence-electron chi connectivity index (χ4n) is 3.69. The number of likely N-dealkylation sites (N-methyl/N-ethyl adjacent to an activating group) is 1. The normalized spacial score (nSPS) is 20.2. The molecular formula is C18H21ClN2O. The van der Waals surface area contributed by atoms with Gasteiger partial charge in [-0.05, 0) is 48.4 Å². The van der Waals surface area contributed by atoms with E-state index in [4.69, 9.17) is 0 Å². The Morgan fingerprint density at radius 1 is 1.05 bits per heavy atom. The standard InChI is InChI=1S/C18H20N2O.ClH/c1-19-8-9-20-17-5-3-2-4-13(17)10-14-11-15(21)6-7-16(14)18(20)12-19;/h2-7,11,18,21H,8-10,12H2,1H3;1H. The van der Waals surface area contributed by atoms with Crippen LogP contribution in [0.2, 0.25) is 0 Å². The maximum atomic E-state index is 9.85. The summed E-state index contributed by atoms with van der Waals surface area (Å²) in [6.07, 6.45) is 0.899. The molecule has 0 radical (unpaired) electrons. The monoisotopic (exact) mass is 316 g/mol. The van der Waals surface area contributed by atoms with Crippen molar-refractivity contribution in [2.75, 3.05) is 31.6 Å². The van der Waals surface area contributed by atoms with Gasteiger partial charge in [0, 0.05) is 25.3 Å². The van der Waals surface area contributed by atoms with E-state index >= 15 is 0 Å². The van der Waals surface area contributed by atoms with Crippen molar-refractivity contribution < 1.29 is 5.11 Å². The number of halogens is 1. The minimum Gasteiger partial charge on any atom is -0.508 e. The third-order valence-corrected chi connectivity index (χ3v) is 4.75. The average Bonchev–Trinajstić information content (AvgIpc) is 2.60. The Bertz CT molecular complexity index is 689. The van der Waals surface area contributed by atoms with Crippen LogP contribution in [-0.4, -0.2) is 36.7 Å². The van der Waals surface area contributed by atoms with Crippen molar-refractivity contribution in [1.82, 2.24) is 4.90 Å². The molecule has 0 aliphatic carbocycles. The van der Waals surface area contributed by atoms with Gasteiger partial charge in [0.05, 0.1) is 6.04 Å². The molecule has 1 fully saturated rings. The molecule has 2 aromatic rings. The van der Waals surface area contributed by atoms with Gasteiger partial charge in [-0.25, -0.2) is 0 Å². The first kappa shape index (κ1) is 15.2. The zero-order chi connectivity index (χ0) is 14.4. The number of phenols is 1. The minimum atomic E-state index is 0. The highest BCUT2D eigenvalue weighted by molar-refractivity contribution is 5.85. The summed E-state index contributed by atoms with van der Waals surface area (Å²) in [5, 5.41) is 9.85. The summed E-state index contributed by atoms with van der Waals surface area (Å²) >= 11 is 0. The maximum absolute atomic E-state index is 9.85. The van der Waals surface area contributed by atoms with E-state index in [0.717, 1.165) is 26.1 Å². The van der Waals surface area contributed by atoms with Gasteiger partial charge >= 0.3 is 0 Å². The van der Waals surface area contributed by atoms with Gasteiger partial charge in [-0.1, -0.05) is 24.3 Å². The van der Waals surface area contributed by atoms with Crippen molar-refractivity contribution in [2.45, 2.75) is 12.5 Å². The quantitative estimate of drug-likeness (QED) is 0.808. The van der Waals surface area contributed by atoms with Gasteiger partial charge in [-0.15, -0.1) is 12.4 Å². The maximum Gasteiger partial charge on any atom is 0.115 e. The van der Waals surface area contributed by atoms with Crippen molar-refractivity contribution in [2.24, 2.45) is 0 Å². The van der Waals surface area contributed by atoms with Gasteiger partial charge in [0.25, 0.3) is 0 Å². The van der Waals surface area contributed by atoms with Crippen LogP contribution in [0.25, 0.3) is 0 Å². The van der Waals surface area contributed by atoms with Crippen LogP contribution in [-0.2, 0) is 6.42 Å². The van der Waals surface area contributed by atoms with Crippen LogP contribution in [0, 0.1) is 0 Å². The molecule has 0 spiro atoms. The summed E-state index contributed by atoms with van der Waals surface area (Å²) in [6, 6.07) is 14.9. The Morgan fingerprint density at radius 3 is 2.73 bits per heavy atom. The van der Waals surface area contributed by atoms with E-state index in [1.54, 1.807) is 0 Å². The molecule has 0 aromatic heterocycles. The lowest BCUT2D eigenvalue weighted by Crippen LogP contribution is -2.46. The number of piperazine rings is 1. The van der Waals surface area contributed by atoms with Crippen LogP contribution in [0.4, 0.5) is 5.69 Å². The second-order valence-electron chi connectivity index (χ2n) is 6.16. The highest BCUT2D eigenvalue weighted by Gasteiger charge is 2.32. The molecule has 1 N–H and O–H groups in total. The molecule has 116 valence electrons. The zero-order valence-electron chi connectivity index (χ0n) is 12.7. The highest BCUT2D eigenvalue weighted by Crippen LogP contribution is 2.39. The first-order valence-electron chi connectivity index (χ1n) is 7.57. The Labute approximate surface area is 137 Å². The Balaban J connectivity index is 0.00000144. The van der Waals surface area contributed by atoms with Crippen molar-refractivity contribution in [3.8, 4) is 5.75 Å². The lowest BCUT2D eigenvalue weighted by atomic mass is 9.96. The second kappa shape index (κ2) is 5.82. The van der Waals surface area contributed by atoms with Gasteiger partial charge in [0.15, 0.2) is 0 Å². The van der Waals surface area contributed by atoms with Crippen LogP contribution in [0.1, 0.15) is 22.7 Å². The van der Waals surface area contributed by atoms with Crippen molar-refractivity contribution in [3.05, 3.63) is 59.2 Å². The summed E-state index contributed by atoms with van der Waals surface area (Å²) in [5.41, 5.74) is 5.32. The summed E-state index contributed by atoms with van der Waals surface area (Å²) in [5.74, 6) is 0.365. The van der Waals surface area contributed by atoms with Crippen molar-refractivity contribution in [3.63, 3.8) is 0 Å². The van der Waals surface area contributed by atoms with E-state index < -0.39 is 0 Å². The molecule has 1 atom stereocenters. The SMILES string of the molecule is CN1CCN2c3ccccc3Cc3cc(O)ccc3C2C1.Cl. The zero-order valence-corrected chi connectivity index (χ0v) is 13.5. The molecule has 22 heavy (non-hydrogen) atoms. The minimum absolute atomic E-state index is 0. The van der Waals surface area contributed by atoms with E-state index in [9.17, 15) is 5.11 Å². The molecule has 0 amide bonds. The summed E-state index contributed by atoms with van der Waals surface area (Å²) in [7, 11) is 2.19. The van der Waals surface area contributed by atoms with Crippen molar-refractivity contribution in [1.29, 1.82) is 0 Å². The molecule has 4 rings (SSSR count). The highest BCUT2D eigenvalue weighted by atomic mass is 35.5. The molecule has 1 saturated heterocycles. The number of phenolic OH excluding ortho intramolecular Hbond substituents is 1. The third kappa shape index (κ3) is 2.44. The van der Waals surface area contributed by atoms with Gasteiger partial charge in [-0.3, -0.25) is 0 Å². The number of fused-ring (bicyclic) bond motifs is 5. The fourth-order valence-corrected chi connectivity index (χ4v) is 3.69. The van der Waals surface area contributed by atoms with E-state index in [1.165, 1.54) is 22.4 Å². The van der Waals surface area contributed by atoms with Crippen LogP contribution < -0.4 is 4.90 Å². The number of hydrogen-bond acceptors (Lipinski definition) is 3. The molecule has 0 bridgehead atoms. The first-order chi connectivity index (χ1) is 10.2. The summed E-state index contributed by atoms with van der Waals surface area (Å²) in [6.45, 7) is 3.18. The van der Waals surface area contributed by atoms with Crippen LogP contribution >= 0.6 is 12.4 Å². The van der Waals surface area contributed by atoms with Crippen molar-refractivity contribution >= 4 is 18.1 Å². The lowest BCUT2D eigenvalue weighted by Gasteiger charge is -2.41. The topological polar surface area (TPSA) is 26.7 Å². The second-order valence-corrected chi connectivity index (χ2v) is 6.16. The van der Waals surface area contributed by atoms with Crippen LogP contribution in [0.5, 0.6) is 5.75 Å². The largest absolute Gasteiger partial charge is 0.508 e. The molecule has 2 aromatic carbocycles. The van der Waals surface area contributed by atoms with Gasteiger partial charge in [0.1, 0.15) is 5.75 Å². The van der Waals surface area contributed by atoms with E-state index in [-0.39, 0.29) is 12.4 Å². The number of benzene rings is 2. The van der Waals surface area contributed by atoms with E-state index in [1.807, 2.05) is 12.1 Å². The molecule has 0 saturated carbocycles. The first-order valence-corrected chi connectivity index (χ1v) is 7.57. The lowest BCUT2D eigenvalue weighted by molar-refractivity contribution is 0.269. The smallest absolute Gasteiger partial charge is 0.115 e. The van der Waals surface area contributed by atoms with Gasteiger partial charge < -0.3 is 14.9 Å².